The molecule has 0 aliphatic carbocycles. The molecule has 0 saturated heterocycles. The highest BCUT2D eigenvalue weighted by Crippen LogP contribution is 2.33. The van der Waals surface area contributed by atoms with E-state index in [1.54, 1.807) is 44.2 Å². The molecular weight excluding hydrogens is 1320 g/mol. The Morgan fingerprint density at radius 3 is 0.740 bits per heavy atom. The molecule has 0 N–H and O–H groups in total. The summed E-state index contributed by atoms with van der Waals surface area (Å²) in [7, 11) is 0. The van der Waals surface area contributed by atoms with Crippen molar-refractivity contribution < 1.29 is 103 Å². The molecule has 6 atom stereocenters. The molecule has 0 aromatic heterocycles. The monoisotopic (exact) mass is 1480 g/mol. The SMILES string of the molecule is [2H]C([2H])([2H])C(C)(C)C[C@]([2H])(C)C(=O)c1cccc(Cl)c1.[2H]C([2H])([2H])C(C)(C[C@]([2H])(C)C(=O)c1cccc(Cl)c1)C([2H])([2H])[2H].[2H]C([2H])([2H])C(C[C@]([2H])(C)C(=O)c1cccc(Cl)c1)(C([2H])([2H])[2H])C([2H])([2H])[2H].[2H]c1c([2H])c(Cl)c([2H])c(C(=O)[C@@]([2H])(C)CC(C([2H])([2H])[2H])(C([2H])([2H])[2H])C([2H])([2H])[2H])c1[2H].[2H]c1c([2H])c(Cl)c([2H])c(C(=O)[C@@]([2H])(C)CC(C)(C)C)c1[2H].[2H]c1c([2H])c(Cl)c([2H])c(C(=O)[C@]([2H])(C)CC(C([2H])([2H])[2H])(C([2H])([2H])[2H])C([2H])([2H])[2H])c1[2H]. The number of halogens is 6. The first-order valence-corrected chi connectivity index (χ1v) is 30.8. The average molecular weight is 1490 g/mol. The van der Waals surface area contributed by atoms with Gasteiger partial charge >= 0.3 is 0 Å². The predicted molar refractivity (Wildman–Crippen MR) is 414 cm³/mol. The second-order valence-corrected chi connectivity index (χ2v) is 26.8. The van der Waals surface area contributed by atoms with Crippen LogP contribution < -0.4 is 0 Å². The van der Waals surface area contributed by atoms with Crippen molar-refractivity contribution in [1.82, 2.24) is 0 Å². The van der Waals surface area contributed by atoms with E-state index in [-0.39, 0.29) is 45.0 Å². The molecule has 0 saturated carbocycles. The number of carbonyl (C=O) groups is 6. The van der Waals surface area contributed by atoms with Gasteiger partial charge in [0.1, 0.15) is 0 Å². The van der Waals surface area contributed by atoms with Crippen LogP contribution >= 0.6 is 69.6 Å². The van der Waals surface area contributed by atoms with Crippen molar-refractivity contribution >= 4 is 104 Å². The van der Waals surface area contributed by atoms with E-state index in [4.69, 9.17) is 144 Å². The highest BCUT2D eigenvalue weighted by Gasteiger charge is 2.27. The van der Waals surface area contributed by atoms with Crippen LogP contribution in [-0.4, -0.2) is 34.7 Å². The number of hydrogen-bond donors (Lipinski definition) is 0. The van der Waals surface area contributed by atoms with Crippen molar-refractivity contribution in [2.45, 2.75) is 204 Å². The van der Waals surface area contributed by atoms with Gasteiger partial charge in [-0.2, -0.15) is 0 Å². The third-order valence-electron chi connectivity index (χ3n) is 11.8. The van der Waals surface area contributed by atoms with Crippen LogP contribution in [0.4, 0.5) is 0 Å². The summed E-state index contributed by atoms with van der Waals surface area (Å²) in [6.45, 7) is -23.5. The molecule has 0 aliphatic rings. The molecule has 0 spiro atoms. The van der Waals surface area contributed by atoms with Crippen LogP contribution in [0.15, 0.2) is 145 Å². The molecule has 0 amide bonds. The van der Waals surface area contributed by atoms with Crippen LogP contribution in [-0.2, 0) is 0 Å². The first kappa shape index (κ1) is 35.1. The van der Waals surface area contributed by atoms with Gasteiger partial charge in [-0.1, -0.05) is 308 Å². The second kappa shape index (κ2) is 40.4. The molecule has 0 radical (unpaired) electrons. The van der Waals surface area contributed by atoms with Gasteiger partial charge < -0.3 is 0 Å². The lowest BCUT2D eigenvalue weighted by atomic mass is 9.82. The number of carbonyl (C=O) groups excluding carboxylic acids is 6. The van der Waals surface area contributed by atoms with E-state index in [1.165, 1.54) is 63.2 Å². The Morgan fingerprint density at radius 1 is 0.312 bits per heavy atom. The molecule has 0 bridgehead atoms. The number of hydrogen-bond acceptors (Lipinski definition) is 6. The van der Waals surface area contributed by atoms with E-state index < -0.39 is 299 Å². The number of ketones is 6. The van der Waals surface area contributed by atoms with Crippen LogP contribution in [0.25, 0.3) is 0 Å². The predicted octanol–water partition coefficient (Wildman–Crippen LogP) is 27.6. The van der Waals surface area contributed by atoms with E-state index in [0.717, 1.165) is 27.7 Å². The summed E-state index contributed by atoms with van der Waals surface area (Å²) in [6.07, 6.45) is -4.59. The van der Waals surface area contributed by atoms with Crippen LogP contribution in [0, 0.1) is 67.9 Å². The van der Waals surface area contributed by atoms with Gasteiger partial charge in [0.15, 0.2) is 34.7 Å². The lowest BCUT2D eigenvalue weighted by Crippen LogP contribution is -2.18. The molecular formula is C84H114Cl6O6. The smallest absolute Gasteiger partial charge is 0.165 e. The van der Waals surface area contributed by atoms with E-state index in [9.17, 15) is 28.8 Å². The molecule has 0 unspecified atom stereocenters. The first-order valence-electron chi connectivity index (χ1n) is 55.6. The Hall–Kier alpha value is -4.92. The van der Waals surface area contributed by atoms with Gasteiger partial charge in [0, 0.05) is 156 Å². The Labute approximate surface area is 686 Å². The minimum Gasteiger partial charge on any atom is -0.294 e. The maximum absolute atomic E-state index is 13.0. The summed E-state index contributed by atoms with van der Waals surface area (Å²) in [6, 6.07) is 9.25. The molecule has 0 heterocycles. The topological polar surface area (TPSA) is 102 Å². The zero-order chi connectivity index (χ0) is 120. The van der Waals surface area contributed by atoms with Gasteiger partial charge in [0.25, 0.3) is 0 Å². The van der Waals surface area contributed by atoms with Gasteiger partial charge in [0.05, 0.1) is 16.4 Å². The standard InChI is InChI=1S/6C14H19ClO/c6*1-10(9-14(2,3)4)13(16)11-6-5-7-12(15)8-11/h6*5-8,10H,9H2,1-4H3/t6*10-/m100000/s1/i2*2D3,3D3,4D3,5D,6D,7D,8D,10D;5D,6D,7D,8D,10D;2D3,3D3,4D3,10D;2D3,3D3,10D;2D3,10D. The zero-order valence-corrected chi connectivity index (χ0v) is 59.4. The van der Waals surface area contributed by atoms with Gasteiger partial charge in [-0.25, -0.2) is 0 Å². The zero-order valence-electron chi connectivity index (χ0n) is 109. The molecule has 528 valence electrons. The van der Waals surface area contributed by atoms with Crippen LogP contribution in [0.2, 0.25) is 30.1 Å². The third-order valence-corrected chi connectivity index (χ3v) is 13.0. The van der Waals surface area contributed by atoms with Crippen molar-refractivity contribution in [3.05, 3.63) is 209 Å². The molecule has 6 aromatic carbocycles. The Morgan fingerprint density at radius 2 is 0.521 bits per heavy atom. The van der Waals surface area contributed by atoms with Crippen LogP contribution in [0.5, 0.6) is 0 Å². The summed E-state index contributed by atoms with van der Waals surface area (Å²) in [5, 5.41) is -0.734. The summed E-state index contributed by atoms with van der Waals surface area (Å²) in [5.41, 5.74) is -15.4. The Bertz CT molecular complexity index is 5520. The fourth-order valence-corrected chi connectivity index (χ4v) is 9.23. The van der Waals surface area contributed by atoms with Crippen LogP contribution in [0.1, 0.15) is 340 Å². The maximum Gasteiger partial charge on any atom is 0.165 e. The molecule has 96 heavy (non-hydrogen) atoms. The lowest BCUT2D eigenvalue weighted by Gasteiger charge is -2.22. The fourth-order valence-electron chi connectivity index (χ4n) is 8.24. The largest absolute Gasteiger partial charge is 0.294 e. The molecule has 0 fully saturated rings. The molecule has 0 aliphatic heterocycles. The number of rotatable bonds is 18. The number of benzene rings is 6. The Balaban J connectivity index is 0.000000906. The maximum atomic E-state index is 13.0. The second-order valence-electron chi connectivity index (χ2n) is 24.3. The number of Topliss-reactive ketones (excluding diaryl/α,β-unsaturated/α-hetero) is 6. The fraction of sp³-hybridized carbons (Fsp3) is 0.500. The van der Waals surface area contributed by atoms with Gasteiger partial charge in [-0.15, -0.1) is 0 Å². The lowest BCUT2D eigenvalue weighted by molar-refractivity contribution is 0.0891. The average Bonchev–Trinajstić information content (AvgIpc) is 0.702. The molecule has 6 rings (SSSR count). The van der Waals surface area contributed by atoms with Crippen molar-refractivity contribution in [3.63, 3.8) is 0 Å². The van der Waals surface area contributed by atoms with E-state index in [1.807, 2.05) is 20.8 Å². The third kappa shape index (κ3) is 39.0. The quantitative estimate of drug-likeness (QED) is 0.0795. The van der Waals surface area contributed by atoms with E-state index in [0.29, 0.717) is 15.6 Å². The van der Waals surface area contributed by atoms with Crippen molar-refractivity contribution in [2.75, 3.05) is 0 Å². The highest BCUT2D eigenvalue weighted by molar-refractivity contribution is 6.32. The summed E-state index contributed by atoms with van der Waals surface area (Å²) in [5.74, 6) is -18.3. The van der Waals surface area contributed by atoms with Crippen molar-refractivity contribution in [1.29, 1.82) is 0 Å². The van der Waals surface area contributed by atoms with Crippen molar-refractivity contribution in [3.8, 4) is 0 Å². The van der Waals surface area contributed by atoms with Crippen molar-refractivity contribution in [2.24, 2.45) is 67.9 Å². The summed E-state index contributed by atoms with van der Waals surface area (Å²) >= 11 is 34.8. The minimum absolute atomic E-state index is 0.0366. The van der Waals surface area contributed by atoms with E-state index in [2.05, 4.69) is 0 Å². The molecule has 12 heteroatoms. The molecule has 6 aromatic rings. The molecule has 6 nitrogen and oxygen atoms in total. The normalized spacial score (nSPS) is 25.3. The van der Waals surface area contributed by atoms with Gasteiger partial charge in [-0.05, 0) is 144 Å². The highest BCUT2D eigenvalue weighted by atomic mass is 35.5. The van der Waals surface area contributed by atoms with Crippen LogP contribution in [0.3, 0.4) is 0 Å². The summed E-state index contributed by atoms with van der Waals surface area (Å²) < 4.78 is 416. The van der Waals surface area contributed by atoms with Gasteiger partial charge in [-0.3, -0.25) is 28.8 Å². The van der Waals surface area contributed by atoms with E-state index >= 15 is 0 Å². The minimum atomic E-state index is -3.64. The summed E-state index contributed by atoms with van der Waals surface area (Å²) in [4.78, 5) is 76.2. The Kier molecular flexibility index (Phi) is 14.8. The first-order chi connectivity index (χ1) is 65.7. The van der Waals surface area contributed by atoms with Gasteiger partial charge in [0.2, 0.25) is 0 Å².